The molecule has 2 aromatic rings. The van der Waals surface area contributed by atoms with E-state index in [4.69, 9.17) is 10.5 Å². The number of rotatable bonds is 11. The van der Waals surface area contributed by atoms with E-state index in [0.717, 1.165) is 4.57 Å². The van der Waals surface area contributed by atoms with Gasteiger partial charge in [-0.2, -0.15) is 4.31 Å². The number of ether oxygens (including phenoxy) is 1. The number of aromatic nitrogens is 2. The van der Waals surface area contributed by atoms with E-state index in [1.807, 2.05) is 13.8 Å². The minimum absolute atomic E-state index is 0.0351. The first-order valence-electron chi connectivity index (χ1n) is 10.9. The lowest BCUT2D eigenvalue weighted by atomic mass is 10.1. The maximum Gasteiger partial charge on any atom is 0.332 e. The molecule has 0 bridgehead atoms. The molecule has 0 atom stereocenters. The molecule has 0 unspecified atom stereocenters. The number of ketones is 1. The molecule has 0 fully saturated rings. The van der Waals surface area contributed by atoms with Crippen LogP contribution < -0.4 is 27.0 Å². The van der Waals surface area contributed by atoms with Crippen LogP contribution in [-0.2, 0) is 23.6 Å². The summed E-state index contributed by atoms with van der Waals surface area (Å²) < 4.78 is 34.4. The number of anilines is 2. The molecular weight excluding hydrogens is 462 g/mol. The van der Waals surface area contributed by atoms with Crippen molar-refractivity contribution in [3.63, 3.8) is 0 Å². The first kappa shape index (κ1) is 27.1. The van der Waals surface area contributed by atoms with E-state index in [0.29, 0.717) is 18.8 Å². The van der Waals surface area contributed by atoms with Crippen molar-refractivity contribution in [3.8, 4) is 5.75 Å². The Balaban J connectivity index is 2.45. The Morgan fingerprint density at radius 2 is 1.82 bits per heavy atom. The number of nitrogens with one attached hydrogen (secondary N) is 1. The van der Waals surface area contributed by atoms with Gasteiger partial charge in [0.2, 0.25) is 10.0 Å². The molecule has 0 radical (unpaired) electrons. The van der Waals surface area contributed by atoms with E-state index in [1.165, 1.54) is 41.2 Å². The van der Waals surface area contributed by atoms with Gasteiger partial charge in [0.25, 0.3) is 5.56 Å². The van der Waals surface area contributed by atoms with Crippen LogP contribution in [0.1, 0.15) is 38.1 Å². The van der Waals surface area contributed by atoms with Gasteiger partial charge in [0, 0.05) is 26.7 Å². The SMILES string of the molecule is CCN(CC)S(=O)(=O)c1ccc(OC)c(NCC(=O)c2c(N)n(CC(C)C)c(=O)n(C)c2=O)c1. The van der Waals surface area contributed by atoms with Crippen molar-refractivity contribution in [1.82, 2.24) is 13.4 Å². The smallest absolute Gasteiger partial charge is 0.332 e. The van der Waals surface area contributed by atoms with E-state index in [-0.39, 0.29) is 41.0 Å². The third-order valence-electron chi connectivity index (χ3n) is 5.36. The minimum Gasteiger partial charge on any atom is -0.495 e. The Labute approximate surface area is 199 Å². The van der Waals surface area contributed by atoms with Crippen LogP contribution in [0.5, 0.6) is 5.75 Å². The molecule has 1 heterocycles. The summed E-state index contributed by atoms with van der Waals surface area (Å²) in [4.78, 5) is 38.2. The number of carbonyl (C=O) groups excluding carboxylic acids is 1. The zero-order chi connectivity index (χ0) is 25.8. The van der Waals surface area contributed by atoms with Crippen LogP contribution in [-0.4, -0.2) is 54.4 Å². The monoisotopic (exact) mass is 495 g/mol. The first-order chi connectivity index (χ1) is 15.9. The Kier molecular flexibility index (Phi) is 8.67. The predicted molar refractivity (Wildman–Crippen MR) is 131 cm³/mol. The van der Waals surface area contributed by atoms with Crippen molar-refractivity contribution >= 4 is 27.3 Å². The third-order valence-corrected chi connectivity index (χ3v) is 7.41. The molecule has 1 aromatic heterocycles. The largest absolute Gasteiger partial charge is 0.495 e. The fourth-order valence-corrected chi connectivity index (χ4v) is 5.03. The molecule has 0 aliphatic rings. The van der Waals surface area contributed by atoms with Gasteiger partial charge < -0.3 is 15.8 Å². The highest BCUT2D eigenvalue weighted by Crippen LogP contribution is 2.29. The molecule has 1 aromatic carbocycles. The van der Waals surface area contributed by atoms with Crippen molar-refractivity contribution in [2.75, 3.05) is 37.8 Å². The molecule has 2 rings (SSSR count). The summed E-state index contributed by atoms with van der Waals surface area (Å²) in [6, 6.07) is 4.29. The molecule has 0 aliphatic carbocycles. The van der Waals surface area contributed by atoms with Gasteiger partial charge in [0.05, 0.1) is 24.2 Å². The Bertz CT molecular complexity index is 1280. The summed E-state index contributed by atoms with van der Waals surface area (Å²) in [5.74, 6) is -0.469. The number of nitrogens with zero attached hydrogens (tertiary/aromatic N) is 3. The fourth-order valence-electron chi connectivity index (χ4n) is 3.55. The molecule has 188 valence electrons. The lowest BCUT2D eigenvalue weighted by molar-refractivity contribution is 0.100. The molecule has 0 aliphatic heterocycles. The Morgan fingerprint density at radius 3 is 2.35 bits per heavy atom. The molecule has 0 saturated heterocycles. The summed E-state index contributed by atoms with van der Waals surface area (Å²) in [7, 11) is -1.04. The van der Waals surface area contributed by atoms with Gasteiger partial charge in [-0.1, -0.05) is 27.7 Å². The molecule has 0 amide bonds. The van der Waals surface area contributed by atoms with Gasteiger partial charge in [-0.25, -0.2) is 13.2 Å². The number of hydrogen-bond donors (Lipinski definition) is 2. The number of methoxy groups -OCH3 is 1. The number of hydrogen-bond acceptors (Lipinski definition) is 8. The Morgan fingerprint density at radius 1 is 1.21 bits per heavy atom. The standard InChI is InChI=1S/C22H33N5O6S/c1-7-26(8-2)34(31,32)15-9-10-18(33-6)16(11-15)24-12-17(28)19-20(23)27(13-14(3)4)22(30)25(5)21(19)29/h9-11,14,24H,7-8,12-13,23H2,1-6H3. The van der Waals surface area contributed by atoms with Crippen LogP contribution in [0.2, 0.25) is 0 Å². The van der Waals surface area contributed by atoms with Gasteiger partial charge in [-0.05, 0) is 24.1 Å². The highest BCUT2D eigenvalue weighted by atomic mass is 32.2. The molecule has 3 N–H and O–H groups in total. The molecule has 0 saturated carbocycles. The van der Waals surface area contributed by atoms with Crippen LogP contribution in [0.3, 0.4) is 0 Å². The van der Waals surface area contributed by atoms with Crippen LogP contribution in [0.25, 0.3) is 0 Å². The average molecular weight is 496 g/mol. The Hall–Kier alpha value is -3.12. The van der Waals surface area contributed by atoms with Crippen molar-refractivity contribution in [2.45, 2.75) is 39.1 Å². The number of benzene rings is 1. The lowest BCUT2D eigenvalue weighted by Gasteiger charge is -2.20. The van der Waals surface area contributed by atoms with E-state index < -0.39 is 27.1 Å². The van der Waals surface area contributed by atoms with Gasteiger partial charge in [0.15, 0.2) is 5.78 Å². The van der Waals surface area contributed by atoms with Gasteiger partial charge >= 0.3 is 5.69 Å². The summed E-state index contributed by atoms with van der Waals surface area (Å²) in [5.41, 5.74) is 4.63. The maximum atomic E-state index is 13.0. The average Bonchev–Trinajstić information content (AvgIpc) is 2.79. The topological polar surface area (TPSA) is 146 Å². The van der Waals surface area contributed by atoms with Gasteiger partial charge in [-0.3, -0.25) is 18.7 Å². The summed E-state index contributed by atoms with van der Waals surface area (Å²) in [5, 5.41) is 2.85. The number of carbonyl (C=O) groups is 1. The normalized spacial score (nSPS) is 11.8. The highest BCUT2D eigenvalue weighted by molar-refractivity contribution is 7.89. The fraction of sp³-hybridized carbons (Fsp3) is 0.500. The van der Waals surface area contributed by atoms with Gasteiger partial charge in [-0.15, -0.1) is 0 Å². The molecule has 11 nitrogen and oxygen atoms in total. The van der Waals surface area contributed by atoms with Gasteiger partial charge in [0.1, 0.15) is 17.1 Å². The van der Waals surface area contributed by atoms with Crippen LogP contribution in [0.15, 0.2) is 32.7 Å². The predicted octanol–water partition coefficient (Wildman–Crippen LogP) is 1.12. The highest BCUT2D eigenvalue weighted by Gasteiger charge is 2.24. The van der Waals surface area contributed by atoms with E-state index in [2.05, 4.69) is 5.32 Å². The zero-order valence-electron chi connectivity index (χ0n) is 20.4. The van der Waals surface area contributed by atoms with Crippen LogP contribution in [0, 0.1) is 5.92 Å². The number of Topliss-reactive ketones (excluding diaryl/α,β-unsaturated/α-hetero) is 1. The zero-order valence-corrected chi connectivity index (χ0v) is 21.2. The van der Waals surface area contributed by atoms with E-state index >= 15 is 0 Å². The lowest BCUT2D eigenvalue weighted by Crippen LogP contribution is -2.43. The second-order valence-electron chi connectivity index (χ2n) is 8.14. The molecular formula is C22H33N5O6S. The van der Waals surface area contributed by atoms with Crippen molar-refractivity contribution < 1.29 is 17.9 Å². The van der Waals surface area contributed by atoms with E-state index in [1.54, 1.807) is 13.8 Å². The van der Waals surface area contributed by atoms with Crippen molar-refractivity contribution in [1.29, 1.82) is 0 Å². The summed E-state index contributed by atoms with van der Waals surface area (Å²) in [6.07, 6.45) is 0. The molecule has 12 heteroatoms. The number of nitrogens with two attached hydrogens (primary N) is 1. The summed E-state index contributed by atoms with van der Waals surface area (Å²) >= 11 is 0. The quantitative estimate of drug-likeness (QED) is 0.441. The molecule has 34 heavy (non-hydrogen) atoms. The molecule has 0 spiro atoms. The number of sulfonamides is 1. The summed E-state index contributed by atoms with van der Waals surface area (Å²) in [6.45, 7) is 7.73. The van der Waals surface area contributed by atoms with Crippen molar-refractivity contribution in [3.05, 3.63) is 44.6 Å². The number of nitrogen functional groups attached to an aromatic ring is 1. The first-order valence-corrected chi connectivity index (χ1v) is 12.4. The van der Waals surface area contributed by atoms with Crippen molar-refractivity contribution in [2.24, 2.45) is 13.0 Å². The maximum absolute atomic E-state index is 13.0. The minimum atomic E-state index is -3.74. The van der Waals surface area contributed by atoms with Crippen LogP contribution >= 0.6 is 0 Å². The van der Waals surface area contributed by atoms with E-state index in [9.17, 15) is 22.8 Å². The third kappa shape index (κ3) is 5.33. The van der Waals surface area contributed by atoms with Crippen LogP contribution in [0.4, 0.5) is 11.5 Å². The second kappa shape index (κ2) is 10.9. The second-order valence-corrected chi connectivity index (χ2v) is 10.1.